The maximum atomic E-state index is 5.24. The van der Waals surface area contributed by atoms with Crippen LogP contribution in [-0.4, -0.2) is 177 Å². The van der Waals surface area contributed by atoms with Crippen molar-refractivity contribution in [3.05, 3.63) is 248 Å². The van der Waals surface area contributed by atoms with E-state index in [0.29, 0.717) is 68.5 Å². The summed E-state index contributed by atoms with van der Waals surface area (Å²) in [4.78, 5) is 115. The number of rotatable bonds is 6. The molecule has 24 heteroatoms. The topological polar surface area (TPSA) is 300 Å². The van der Waals surface area contributed by atoms with Gasteiger partial charge in [-0.1, -0.05) is 109 Å². The van der Waals surface area contributed by atoms with Crippen LogP contribution in [0.3, 0.4) is 0 Å². The van der Waals surface area contributed by atoms with Gasteiger partial charge in [0.05, 0.1) is 105 Å². The first-order chi connectivity index (χ1) is 55.2. The molecule has 6 unspecified atom stereocenters. The summed E-state index contributed by atoms with van der Waals surface area (Å²) in [5.41, 5.74) is 21.7. The minimum absolute atomic E-state index is 0.140. The van der Waals surface area contributed by atoms with E-state index >= 15 is 0 Å². The smallest absolute Gasteiger partial charge is 0.120 e. The molecule has 16 rings (SSSR count). The van der Waals surface area contributed by atoms with E-state index in [0.717, 1.165) is 134 Å². The van der Waals surface area contributed by atoms with Crippen molar-refractivity contribution in [2.24, 2.45) is 89.9 Å². The summed E-state index contributed by atoms with van der Waals surface area (Å²) >= 11 is 0. The Labute approximate surface area is 661 Å². The molecule has 2 aliphatic carbocycles. The molecule has 114 heavy (non-hydrogen) atoms. The number of aliphatic imine (C=N–C) groups is 12. The molecule has 5 aliphatic rings. The van der Waals surface area contributed by atoms with E-state index < -0.39 is 0 Å². The Morgan fingerprint density at radius 2 is 0.307 bits per heavy atom. The van der Waals surface area contributed by atoms with E-state index in [1.54, 1.807) is 42.3 Å². The lowest BCUT2D eigenvalue weighted by Gasteiger charge is -2.25. The lowest BCUT2D eigenvalue weighted by atomic mass is 9.87. The van der Waals surface area contributed by atoms with Crippen LogP contribution in [0.4, 0.5) is 34.1 Å². The first-order valence-corrected chi connectivity index (χ1v) is 38.0. The average Bonchev–Trinajstić information content (AvgIpc) is 0.739. The van der Waals surface area contributed by atoms with Crippen molar-refractivity contribution in [1.29, 1.82) is 0 Å². The van der Waals surface area contributed by atoms with Crippen LogP contribution in [0.5, 0.6) is 0 Å². The number of hydrogen-bond donors (Lipinski definition) is 0. The Morgan fingerprint density at radius 3 is 0.421 bits per heavy atom. The highest BCUT2D eigenvalue weighted by Crippen LogP contribution is 2.32. The van der Waals surface area contributed by atoms with Gasteiger partial charge >= 0.3 is 0 Å². The Hall–Kier alpha value is -13.4. The molecular weight excluding hydrogens is 1420 g/mol. The average molecular weight is 1510 g/mol. The van der Waals surface area contributed by atoms with Gasteiger partial charge in [0, 0.05) is 42.3 Å². The molecule has 0 N–H and O–H groups in total. The zero-order valence-electron chi connectivity index (χ0n) is 67.5. The fraction of sp³-hybridized carbons (Fsp3) is 0.267. The largest absolute Gasteiger partial charge is 0.284 e. The zero-order chi connectivity index (χ0) is 80.4. The Balaban J connectivity index is 0.000000145. The number of benzene rings is 8. The van der Waals surface area contributed by atoms with E-state index in [4.69, 9.17) is 89.8 Å². The molecule has 0 amide bonds. The number of hydrogen-bond acceptors (Lipinski definition) is 24. The second-order valence-corrected chi connectivity index (χ2v) is 27.8. The van der Waals surface area contributed by atoms with Crippen molar-refractivity contribution in [3.8, 4) is 0 Å². The molecular formula is C90H90N24. The van der Waals surface area contributed by atoms with Gasteiger partial charge < -0.3 is 0 Å². The third kappa shape index (κ3) is 16.5. The standard InChI is InChI=1S/C42H30N6.C18H24N6.C18H18N6.C12H18N6/c1-7-19-31(20-8-1)43-37-38(44-32-21-9-2-10-22-32)40(46-34-25-13-4-14-26-34)42(48-36-29-17-6-18-30-36)41(47-35-27-15-5-16-28-35)39(37)45-33-23-11-3-12-24-33;2*1-7-8(2)20-14-13(19-7)15-17(23-10(4)9(3)21-15)18-16(14)22-11(5)12(6)24-18;1-13-7-8(14-2)10(16-4)12(18-6)11(17-5)9(7)15-3/h1-30H;7-12H,1-6H3;1-6H3;1-6H3. The minimum Gasteiger partial charge on any atom is -0.284 e. The molecule has 3 aromatic heterocycles. The molecule has 11 aromatic rings. The van der Waals surface area contributed by atoms with E-state index in [1.807, 2.05) is 224 Å². The predicted octanol–water partition coefficient (Wildman–Crippen LogP) is 13.2. The molecule has 0 bridgehead atoms. The molecule has 0 saturated heterocycles. The summed E-state index contributed by atoms with van der Waals surface area (Å²) in [6.07, 6.45) is 0. The maximum absolute atomic E-state index is 5.24. The maximum Gasteiger partial charge on any atom is 0.120 e. The fourth-order valence-electron chi connectivity index (χ4n) is 13.1. The molecule has 6 atom stereocenters. The Kier molecular flexibility index (Phi) is 24.1. The van der Waals surface area contributed by atoms with Crippen LogP contribution in [0.15, 0.2) is 272 Å². The Bertz CT molecular complexity index is 5270. The molecule has 2 saturated carbocycles. The van der Waals surface area contributed by atoms with Gasteiger partial charge in [-0.25, -0.2) is 59.9 Å². The van der Waals surface area contributed by atoms with Gasteiger partial charge in [-0.05, 0) is 156 Å². The number of aryl methyl sites for hydroxylation is 6. The normalized spacial score (nSPS) is 17.9. The molecule has 0 spiro atoms. The van der Waals surface area contributed by atoms with Crippen molar-refractivity contribution in [3.63, 3.8) is 0 Å². The second kappa shape index (κ2) is 34.9. The summed E-state index contributed by atoms with van der Waals surface area (Å²) in [7, 11) is 10.3. The monoisotopic (exact) mass is 1510 g/mol. The van der Waals surface area contributed by atoms with Crippen molar-refractivity contribution < 1.29 is 0 Å². The van der Waals surface area contributed by atoms with Gasteiger partial charge in [0.1, 0.15) is 134 Å². The van der Waals surface area contributed by atoms with Crippen LogP contribution in [0.25, 0.3) is 33.1 Å². The van der Waals surface area contributed by atoms with Crippen LogP contribution in [0.1, 0.15) is 75.7 Å². The van der Waals surface area contributed by atoms with Gasteiger partial charge in [-0.15, -0.1) is 0 Å². The van der Waals surface area contributed by atoms with Gasteiger partial charge in [0.2, 0.25) is 0 Å². The summed E-state index contributed by atoms with van der Waals surface area (Å²) in [6.45, 7) is 24.3. The SMILES string of the molecule is CC1N=c2c3c(c4c(c2=NC1C)=NC(C)C(C)N=4)=NC(C)C(C)N=3.CN=C1C(=NC)C(=NC)C(=NC)C(=NC)C1=NC.Cc1nc2c3nc(C)c(C)nc3c3nc(C)c(C)nc3c2nc1C.c1ccc(N=C2C(=Nc3ccccc3)C(=Nc3ccccc3)C(=Nc3ccccc3)C(=Nc3ccccc3)C2=Nc2ccccc2)cc1. The van der Waals surface area contributed by atoms with Crippen LogP contribution in [0, 0.1) is 41.5 Å². The molecule has 570 valence electrons. The predicted molar refractivity (Wildman–Crippen MR) is 466 cm³/mol. The van der Waals surface area contributed by atoms with E-state index in [1.165, 1.54) is 0 Å². The van der Waals surface area contributed by atoms with Gasteiger partial charge in [0.15, 0.2) is 0 Å². The third-order valence-electron chi connectivity index (χ3n) is 20.0. The lowest BCUT2D eigenvalue weighted by Crippen LogP contribution is -2.70. The second-order valence-electron chi connectivity index (χ2n) is 27.8. The highest BCUT2D eigenvalue weighted by Gasteiger charge is 2.40. The molecule has 2 fully saturated rings. The first-order valence-electron chi connectivity index (χ1n) is 38.0. The zero-order valence-corrected chi connectivity index (χ0v) is 67.5. The summed E-state index contributed by atoms with van der Waals surface area (Å²) in [5, 5.41) is 5.15. The van der Waals surface area contributed by atoms with E-state index in [2.05, 4.69) is 71.5 Å². The van der Waals surface area contributed by atoms with Crippen molar-refractivity contribution >= 4 is 136 Å². The minimum atomic E-state index is 0.140. The number of nitrogens with zero attached hydrogens (tertiary/aromatic N) is 24. The van der Waals surface area contributed by atoms with Crippen LogP contribution in [-0.2, 0) is 0 Å². The number of para-hydroxylation sites is 6. The Morgan fingerprint density at radius 1 is 0.184 bits per heavy atom. The third-order valence-corrected chi connectivity index (χ3v) is 20.0. The van der Waals surface area contributed by atoms with Gasteiger partial charge in [-0.2, -0.15) is 0 Å². The van der Waals surface area contributed by atoms with E-state index in [-0.39, 0.29) is 36.3 Å². The highest BCUT2D eigenvalue weighted by atomic mass is 15.0. The first kappa shape index (κ1) is 78.7. The molecule has 6 heterocycles. The van der Waals surface area contributed by atoms with Crippen LogP contribution < -0.4 is 32.1 Å². The van der Waals surface area contributed by atoms with E-state index in [9.17, 15) is 0 Å². The van der Waals surface area contributed by atoms with Crippen molar-refractivity contribution in [1.82, 2.24) is 29.9 Å². The summed E-state index contributed by atoms with van der Waals surface area (Å²) in [5.74, 6) is 0. The highest BCUT2D eigenvalue weighted by molar-refractivity contribution is 7.14. The summed E-state index contributed by atoms with van der Waals surface area (Å²) < 4.78 is 0. The molecule has 24 nitrogen and oxygen atoms in total. The number of aromatic nitrogens is 6. The number of fused-ring (bicyclic) bond motifs is 12. The lowest BCUT2D eigenvalue weighted by molar-refractivity contribution is 0.517. The van der Waals surface area contributed by atoms with Gasteiger partial charge in [-0.3, -0.25) is 59.9 Å². The fourth-order valence-corrected chi connectivity index (χ4v) is 13.1. The van der Waals surface area contributed by atoms with Crippen LogP contribution >= 0.6 is 0 Å². The molecule has 8 aromatic carbocycles. The molecule has 3 aliphatic heterocycles. The van der Waals surface area contributed by atoms with Crippen molar-refractivity contribution in [2.45, 2.75) is 119 Å². The van der Waals surface area contributed by atoms with Crippen molar-refractivity contribution in [2.75, 3.05) is 42.3 Å². The van der Waals surface area contributed by atoms with Gasteiger partial charge in [0.25, 0.3) is 0 Å². The van der Waals surface area contributed by atoms with Crippen LogP contribution in [0.2, 0.25) is 0 Å². The quantitative estimate of drug-likeness (QED) is 0.146. The molecule has 0 radical (unpaired) electrons. The summed E-state index contributed by atoms with van der Waals surface area (Å²) in [6, 6.07) is 59.7.